The van der Waals surface area contributed by atoms with Gasteiger partial charge in [-0.3, -0.25) is 0 Å². The van der Waals surface area contributed by atoms with Gasteiger partial charge in [-0.25, -0.2) is 0 Å². The largest absolute Gasteiger partial charge is 0.698 e. The molecule has 0 aliphatic carbocycles. The number of rotatable bonds is 0. The van der Waals surface area contributed by atoms with Crippen molar-refractivity contribution >= 4 is 5.69 Å². The number of hydrogen-bond donors (Lipinski definition) is 0. The van der Waals surface area contributed by atoms with Crippen molar-refractivity contribution in [3.8, 4) is 0 Å². The van der Waals surface area contributed by atoms with Gasteiger partial charge in [0.25, 0.3) is 0 Å². The molecule has 2 radical (unpaired) electrons. The molecule has 64 valence electrons. The smallest absolute Gasteiger partial charge is 0 e. The third-order valence-corrected chi connectivity index (χ3v) is 2.08. The monoisotopic (exact) mass is 600 g/mol. The SMILES string of the molecule is [Ac].[Ac].[NH-]c1cccc2c1CC[N-]C2. The third-order valence-electron chi connectivity index (χ3n) is 2.08. The number of nitrogens with one attached hydrogen (secondary N) is 1. The Balaban J connectivity index is 0.000000720. The Labute approximate surface area is 151 Å². The average Bonchev–Trinajstić information content (AvgIpc) is 2.06. The average molecular weight is 600 g/mol. The minimum absolute atomic E-state index is 0. The van der Waals surface area contributed by atoms with Crippen LogP contribution in [0.1, 0.15) is 11.1 Å². The summed E-state index contributed by atoms with van der Waals surface area (Å²) in [5, 5.41) is 4.28. The van der Waals surface area contributed by atoms with Crippen LogP contribution in [0.15, 0.2) is 18.2 Å². The normalized spacial score (nSPS) is 13.5. The van der Waals surface area contributed by atoms with Gasteiger partial charge in [0, 0.05) is 88.1 Å². The minimum Gasteiger partial charge on any atom is -0.698 e. The van der Waals surface area contributed by atoms with Crippen molar-refractivity contribution in [1.82, 2.24) is 0 Å². The Morgan fingerprint density at radius 1 is 1.23 bits per heavy atom. The molecule has 2 rings (SSSR count). The van der Waals surface area contributed by atoms with Gasteiger partial charge in [-0.15, -0.1) is 18.8 Å². The molecule has 0 atom stereocenters. The Bertz CT molecular complexity index is 276. The molecular formula is C9H10Ac2N2-2. The summed E-state index contributed by atoms with van der Waals surface area (Å²) < 4.78 is 0. The Morgan fingerprint density at radius 2 is 2.00 bits per heavy atom. The van der Waals surface area contributed by atoms with E-state index in [0.29, 0.717) is 5.69 Å². The van der Waals surface area contributed by atoms with Crippen LogP contribution >= 0.6 is 0 Å². The summed E-state index contributed by atoms with van der Waals surface area (Å²) in [6.07, 6.45) is 0.953. The zero-order valence-electron chi connectivity index (χ0n) is 7.46. The maximum atomic E-state index is 7.61. The molecule has 1 aliphatic heterocycles. The van der Waals surface area contributed by atoms with Crippen LogP contribution in [0.5, 0.6) is 0 Å². The molecule has 0 spiro atoms. The van der Waals surface area contributed by atoms with Gasteiger partial charge in [0.15, 0.2) is 0 Å². The van der Waals surface area contributed by atoms with Crippen molar-refractivity contribution in [3.05, 3.63) is 40.4 Å². The molecule has 1 aliphatic rings. The standard InChI is InChI=1S/C9H10N2.2Ac/c10-9-3-1-2-7-6-11-5-4-8(7)9;;/h1-3,10H,4-6H2;;/q-2;;. The van der Waals surface area contributed by atoms with Crippen LogP contribution in [-0.4, -0.2) is 6.54 Å². The first-order chi connectivity index (χ1) is 5.38. The van der Waals surface area contributed by atoms with Crippen molar-refractivity contribution < 1.29 is 88.1 Å². The van der Waals surface area contributed by atoms with Crippen molar-refractivity contribution in [2.75, 3.05) is 6.54 Å². The van der Waals surface area contributed by atoms with Gasteiger partial charge in [-0.2, -0.15) is 0 Å². The molecule has 1 N–H and O–H groups in total. The predicted octanol–water partition coefficient (Wildman–Crippen LogP) is 2.80. The van der Waals surface area contributed by atoms with Crippen molar-refractivity contribution in [3.63, 3.8) is 0 Å². The summed E-state index contributed by atoms with van der Waals surface area (Å²) in [6.45, 7) is 1.70. The van der Waals surface area contributed by atoms with Crippen LogP contribution in [0.25, 0.3) is 11.1 Å². The van der Waals surface area contributed by atoms with Crippen LogP contribution in [0, 0.1) is 88.1 Å². The van der Waals surface area contributed by atoms with Crippen molar-refractivity contribution in [2.45, 2.75) is 13.0 Å². The van der Waals surface area contributed by atoms with Crippen molar-refractivity contribution in [1.29, 1.82) is 0 Å². The molecule has 0 unspecified atom stereocenters. The summed E-state index contributed by atoms with van der Waals surface area (Å²) in [7, 11) is 0. The van der Waals surface area contributed by atoms with Gasteiger partial charge in [-0.05, 0) is 6.42 Å². The van der Waals surface area contributed by atoms with Crippen LogP contribution in [0.4, 0.5) is 5.69 Å². The van der Waals surface area contributed by atoms with Crippen LogP contribution in [0.2, 0.25) is 0 Å². The van der Waals surface area contributed by atoms with E-state index in [-0.39, 0.29) is 88.1 Å². The van der Waals surface area contributed by atoms with Gasteiger partial charge in [-0.1, -0.05) is 29.3 Å². The Kier molecular flexibility index (Phi) is 8.22. The van der Waals surface area contributed by atoms with Gasteiger partial charge in [0.2, 0.25) is 0 Å². The van der Waals surface area contributed by atoms with E-state index in [4.69, 9.17) is 5.73 Å². The zero-order valence-corrected chi connectivity index (χ0v) is 16.9. The molecule has 4 heteroatoms. The van der Waals surface area contributed by atoms with Crippen LogP contribution in [0.3, 0.4) is 0 Å². The minimum atomic E-state index is 0. The van der Waals surface area contributed by atoms with Gasteiger partial charge >= 0.3 is 0 Å². The van der Waals surface area contributed by atoms with Gasteiger partial charge in [0.1, 0.15) is 0 Å². The number of hydrogen-bond acceptors (Lipinski definition) is 0. The topological polar surface area (TPSA) is 37.9 Å². The number of fused-ring (bicyclic) bond motifs is 1. The molecule has 0 fully saturated rings. The molecule has 1 aromatic rings. The Hall–Kier alpha value is 1.86. The van der Waals surface area contributed by atoms with Crippen LogP contribution in [-0.2, 0) is 13.0 Å². The second-order valence-electron chi connectivity index (χ2n) is 2.80. The summed E-state index contributed by atoms with van der Waals surface area (Å²) in [5.41, 5.74) is 10.7. The second kappa shape index (κ2) is 7.19. The van der Waals surface area contributed by atoms with E-state index in [2.05, 4.69) is 11.4 Å². The van der Waals surface area contributed by atoms with Gasteiger partial charge in [0.05, 0.1) is 0 Å². The quantitative estimate of drug-likeness (QED) is 0.440. The van der Waals surface area contributed by atoms with E-state index in [0.717, 1.165) is 19.5 Å². The zero-order chi connectivity index (χ0) is 7.68. The fraction of sp³-hybridized carbons (Fsp3) is 0.333. The number of benzene rings is 1. The molecule has 0 bridgehead atoms. The molecule has 0 amide bonds. The summed E-state index contributed by atoms with van der Waals surface area (Å²) in [4.78, 5) is 0. The molecule has 2 nitrogen and oxygen atoms in total. The van der Waals surface area contributed by atoms with E-state index in [1.807, 2.05) is 12.1 Å². The summed E-state index contributed by atoms with van der Waals surface area (Å²) in [6, 6.07) is 5.85. The maximum absolute atomic E-state index is 7.61. The predicted molar refractivity (Wildman–Crippen MR) is 46.1 cm³/mol. The molecule has 0 aromatic heterocycles. The summed E-state index contributed by atoms with van der Waals surface area (Å²) >= 11 is 0. The molecular weight excluding hydrogens is 590 g/mol. The fourth-order valence-corrected chi connectivity index (χ4v) is 1.47. The van der Waals surface area contributed by atoms with E-state index >= 15 is 0 Å². The third kappa shape index (κ3) is 3.73. The van der Waals surface area contributed by atoms with E-state index in [1.165, 1.54) is 11.1 Å². The molecule has 0 saturated heterocycles. The first-order valence-corrected chi connectivity index (χ1v) is 3.83. The first kappa shape index (κ1) is 14.9. The Morgan fingerprint density at radius 3 is 2.69 bits per heavy atom. The van der Waals surface area contributed by atoms with Gasteiger partial charge < -0.3 is 11.1 Å². The fourth-order valence-electron chi connectivity index (χ4n) is 1.47. The van der Waals surface area contributed by atoms with E-state index in [1.54, 1.807) is 0 Å². The summed E-state index contributed by atoms with van der Waals surface area (Å²) in [5.74, 6) is 0. The molecule has 0 saturated carbocycles. The van der Waals surface area contributed by atoms with E-state index in [9.17, 15) is 0 Å². The molecule has 13 heavy (non-hydrogen) atoms. The first-order valence-electron chi connectivity index (χ1n) is 3.83. The van der Waals surface area contributed by atoms with Crippen LogP contribution < -0.4 is 0 Å². The maximum Gasteiger partial charge on any atom is 0 e. The second-order valence-corrected chi connectivity index (χ2v) is 2.80. The van der Waals surface area contributed by atoms with Crippen molar-refractivity contribution in [2.24, 2.45) is 0 Å². The van der Waals surface area contributed by atoms with E-state index < -0.39 is 0 Å². The molecule has 1 aromatic carbocycles. The molecule has 1 heterocycles. The number of nitrogens with zero attached hydrogens (tertiary/aromatic N) is 1.